The van der Waals surface area contributed by atoms with Gasteiger partial charge in [0.15, 0.2) is 0 Å². The lowest BCUT2D eigenvalue weighted by Gasteiger charge is -2.05. The Balaban J connectivity index is 2.47. The van der Waals surface area contributed by atoms with E-state index in [1.165, 1.54) is 0 Å². The van der Waals surface area contributed by atoms with Crippen LogP contribution in [0.4, 0.5) is 0 Å². The number of hydrogen-bond donors (Lipinski definition) is 2. The van der Waals surface area contributed by atoms with Crippen LogP contribution < -0.4 is 11.3 Å². The summed E-state index contributed by atoms with van der Waals surface area (Å²) >= 11 is 0. The summed E-state index contributed by atoms with van der Waals surface area (Å²) in [6, 6.07) is 8.85. The molecule has 0 radical (unpaired) electrons. The zero-order valence-corrected chi connectivity index (χ0v) is 8.97. The van der Waals surface area contributed by atoms with Crippen molar-refractivity contribution in [1.29, 1.82) is 0 Å². The van der Waals surface area contributed by atoms with Gasteiger partial charge in [0, 0.05) is 17.8 Å². The van der Waals surface area contributed by atoms with Crippen molar-refractivity contribution in [3.05, 3.63) is 52.4 Å². The first-order valence-corrected chi connectivity index (χ1v) is 5.08. The molecule has 0 saturated heterocycles. The second-order valence-electron chi connectivity index (χ2n) is 3.66. The largest absolute Gasteiger partial charge is 0.324 e. The van der Waals surface area contributed by atoms with Crippen molar-refractivity contribution in [3.8, 4) is 11.4 Å². The van der Waals surface area contributed by atoms with Crippen LogP contribution in [0.15, 0.2) is 41.3 Å². The molecule has 0 aliphatic heterocycles. The summed E-state index contributed by atoms with van der Waals surface area (Å²) in [6.07, 6.45) is 1.69. The molecule has 2 rings (SSSR count). The second kappa shape index (κ2) is 4.28. The summed E-state index contributed by atoms with van der Waals surface area (Å²) in [5.74, 6) is 0. The van der Waals surface area contributed by atoms with E-state index in [9.17, 15) is 4.79 Å². The maximum Gasteiger partial charge on any atom is 0.253 e. The van der Waals surface area contributed by atoms with Crippen molar-refractivity contribution < 1.29 is 0 Å². The normalized spacial score (nSPS) is 12.4. The Kier molecular flexibility index (Phi) is 2.83. The van der Waals surface area contributed by atoms with E-state index in [1.54, 1.807) is 19.2 Å². The van der Waals surface area contributed by atoms with Gasteiger partial charge in [-0.3, -0.25) is 9.78 Å². The molecule has 4 nitrogen and oxygen atoms in total. The average molecular weight is 215 g/mol. The number of nitrogens with one attached hydrogen (secondary N) is 1. The van der Waals surface area contributed by atoms with Gasteiger partial charge in [-0.15, -0.1) is 0 Å². The van der Waals surface area contributed by atoms with E-state index in [0.29, 0.717) is 11.3 Å². The molecule has 3 N–H and O–H groups in total. The predicted molar refractivity (Wildman–Crippen MR) is 62.9 cm³/mol. The first kappa shape index (κ1) is 10.6. The van der Waals surface area contributed by atoms with E-state index in [4.69, 9.17) is 5.73 Å². The molecule has 0 saturated carbocycles. The second-order valence-corrected chi connectivity index (χ2v) is 3.66. The van der Waals surface area contributed by atoms with Crippen LogP contribution in [0, 0.1) is 0 Å². The fourth-order valence-electron chi connectivity index (χ4n) is 1.52. The smallest absolute Gasteiger partial charge is 0.253 e. The van der Waals surface area contributed by atoms with Crippen molar-refractivity contribution in [3.63, 3.8) is 0 Å². The van der Waals surface area contributed by atoms with Gasteiger partial charge < -0.3 is 10.7 Å². The maximum atomic E-state index is 11.7. The molecule has 82 valence electrons. The number of nitrogens with two attached hydrogens (primary N) is 1. The van der Waals surface area contributed by atoms with Crippen molar-refractivity contribution >= 4 is 0 Å². The lowest BCUT2D eigenvalue weighted by Crippen LogP contribution is -2.19. The van der Waals surface area contributed by atoms with Gasteiger partial charge in [0.25, 0.3) is 5.56 Å². The van der Waals surface area contributed by atoms with Crippen LogP contribution in [0.3, 0.4) is 0 Å². The highest BCUT2D eigenvalue weighted by atomic mass is 16.1. The summed E-state index contributed by atoms with van der Waals surface area (Å²) < 4.78 is 0. The van der Waals surface area contributed by atoms with E-state index in [2.05, 4.69) is 9.97 Å². The van der Waals surface area contributed by atoms with Gasteiger partial charge in [-0.2, -0.15) is 0 Å². The lowest BCUT2D eigenvalue weighted by molar-refractivity contribution is 0.800. The van der Waals surface area contributed by atoms with E-state index in [0.717, 1.165) is 5.69 Å². The van der Waals surface area contributed by atoms with Gasteiger partial charge in [0.2, 0.25) is 0 Å². The van der Waals surface area contributed by atoms with Crippen molar-refractivity contribution in [1.82, 2.24) is 9.97 Å². The summed E-state index contributed by atoms with van der Waals surface area (Å²) in [4.78, 5) is 18.6. The number of nitrogens with zero attached hydrogens (tertiary/aromatic N) is 1. The van der Waals surface area contributed by atoms with Crippen LogP contribution >= 0.6 is 0 Å². The molecule has 0 spiro atoms. The monoisotopic (exact) mass is 215 g/mol. The molecule has 4 heteroatoms. The molecule has 2 heterocycles. The highest BCUT2D eigenvalue weighted by molar-refractivity contribution is 5.53. The van der Waals surface area contributed by atoms with Gasteiger partial charge in [-0.25, -0.2) is 0 Å². The van der Waals surface area contributed by atoms with Crippen molar-refractivity contribution in [2.24, 2.45) is 5.73 Å². The molecule has 16 heavy (non-hydrogen) atoms. The number of rotatable bonds is 2. The van der Waals surface area contributed by atoms with Crippen LogP contribution in [0.2, 0.25) is 0 Å². The molecule has 0 unspecified atom stereocenters. The third kappa shape index (κ3) is 2.01. The molecular weight excluding hydrogens is 202 g/mol. The topological polar surface area (TPSA) is 71.8 Å². The van der Waals surface area contributed by atoms with Gasteiger partial charge >= 0.3 is 0 Å². The van der Waals surface area contributed by atoms with Crippen molar-refractivity contribution in [2.45, 2.75) is 13.0 Å². The summed E-state index contributed by atoms with van der Waals surface area (Å²) in [7, 11) is 0. The highest BCUT2D eigenvalue weighted by Crippen LogP contribution is 2.13. The highest BCUT2D eigenvalue weighted by Gasteiger charge is 2.06. The number of hydrogen-bond acceptors (Lipinski definition) is 3. The number of H-pyrrole nitrogens is 1. The Morgan fingerprint density at radius 1 is 1.31 bits per heavy atom. The Hall–Kier alpha value is -1.94. The Morgan fingerprint density at radius 2 is 2.12 bits per heavy atom. The standard InChI is InChI=1S/C12H13N3O/c1-8(13)9-5-6-11(15-12(9)16)10-4-2-3-7-14-10/h2-8H,13H2,1H3,(H,15,16)/t8-/m1/s1. The fraction of sp³-hybridized carbons (Fsp3) is 0.167. The summed E-state index contributed by atoms with van der Waals surface area (Å²) in [5.41, 5.74) is 7.55. The SMILES string of the molecule is C[C@@H](N)c1ccc(-c2ccccn2)[nH]c1=O. The van der Waals surface area contributed by atoms with Crippen molar-refractivity contribution in [2.75, 3.05) is 0 Å². The molecule has 1 atom stereocenters. The van der Waals surface area contributed by atoms with Crippen LogP contribution in [0.5, 0.6) is 0 Å². The quantitative estimate of drug-likeness (QED) is 0.796. The maximum absolute atomic E-state index is 11.7. The van der Waals surface area contributed by atoms with Gasteiger partial charge in [-0.05, 0) is 31.2 Å². The summed E-state index contributed by atoms with van der Waals surface area (Å²) in [6.45, 7) is 1.78. The van der Waals surface area contributed by atoms with Gasteiger partial charge in [-0.1, -0.05) is 6.07 Å². The Morgan fingerprint density at radius 3 is 2.69 bits per heavy atom. The van der Waals surface area contributed by atoms with E-state index in [1.807, 2.05) is 24.3 Å². The molecule has 0 amide bonds. The number of pyridine rings is 2. The average Bonchev–Trinajstić information content (AvgIpc) is 2.29. The van der Waals surface area contributed by atoms with Gasteiger partial charge in [0.05, 0.1) is 11.4 Å². The molecule has 2 aromatic heterocycles. The zero-order valence-electron chi connectivity index (χ0n) is 8.97. The fourth-order valence-corrected chi connectivity index (χ4v) is 1.52. The molecule has 0 aliphatic rings. The molecule has 2 aromatic rings. The minimum Gasteiger partial charge on any atom is -0.324 e. The molecule has 0 aromatic carbocycles. The van der Waals surface area contributed by atoms with Crippen LogP contribution in [-0.4, -0.2) is 9.97 Å². The van der Waals surface area contributed by atoms with E-state index in [-0.39, 0.29) is 11.6 Å². The first-order chi connectivity index (χ1) is 7.68. The summed E-state index contributed by atoms with van der Waals surface area (Å²) in [5, 5.41) is 0. The van der Waals surface area contributed by atoms with Gasteiger partial charge in [0.1, 0.15) is 0 Å². The first-order valence-electron chi connectivity index (χ1n) is 5.08. The molecule has 0 bridgehead atoms. The Labute approximate surface area is 93.2 Å². The predicted octanol–water partition coefficient (Wildman–Crippen LogP) is 1.46. The lowest BCUT2D eigenvalue weighted by atomic mass is 10.1. The van der Waals surface area contributed by atoms with Crippen LogP contribution in [0.25, 0.3) is 11.4 Å². The van der Waals surface area contributed by atoms with Crippen LogP contribution in [-0.2, 0) is 0 Å². The minimum absolute atomic E-state index is 0.154. The number of aromatic amines is 1. The van der Waals surface area contributed by atoms with E-state index >= 15 is 0 Å². The minimum atomic E-state index is -0.262. The molecule has 0 aliphatic carbocycles. The molecule has 0 fully saturated rings. The third-order valence-corrected chi connectivity index (χ3v) is 2.37. The zero-order chi connectivity index (χ0) is 11.5. The van der Waals surface area contributed by atoms with Crippen LogP contribution in [0.1, 0.15) is 18.5 Å². The van der Waals surface area contributed by atoms with E-state index < -0.39 is 0 Å². The Bertz CT molecular complexity index is 531. The molecular formula is C12H13N3O. The third-order valence-electron chi connectivity index (χ3n) is 2.37. The number of aromatic nitrogens is 2.